The van der Waals surface area contributed by atoms with E-state index in [1.54, 1.807) is 6.08 Å². The molecular weight excluding hydrogens is 324 g/mol. The molecule has 0 fully saturated rings. The van der Waals surface area contributed by atoms with Crippen molar-refractivity contribution in [3.8, 4) is 22.6 Å². The number of H-pyrrole nitrogens is 1. The van der Waals surface area contributed by atoms with Gasteiger partial charge in [0.15, 0.2) is 0 Å². The van der Waals surface area contributed by atoms with Crippen molar-refractivity contribution in [2.24, 2.45) is 0 Å². The number of benzene rings is 2. The summed E-state index contributed by atoms with van der Waals surface area (Å²) in [5, 5.41) is 0.837. The fraction of sp³-hybridized carbons (Fsp3) is 0.0476. The fourth-order valence-electron chi connectivity index (χ4n) is 2.54. The van der Waals surface area contributed by atoms with Crippen LogP contribution in [0.3, 0.4) is 0 Å². The van der Waals surface area contributed by atoms with E-state index in [1.165, 1.54) is 6.33 Å². The quantitative estimate of drug-likeness (QED) is 0.501. The first-order valence-electron chi connectivity index (χ1n) is 8.21. The van der Waals surface area contributed by atoms with E-state index in [1.807, 2.05) is 67.7 Å². The van der Waals surface area contributed by atoms with Crippen LogP contribution in [0.2, 0.25) is 0 Å². The van der Waals surface area contributed by atoms with Gasteiger partial charge in [-0.15, -0.1) is 6.58 Å². The van der Waals surface area contributed by atoms with Gasteiger partial charge in [0.2, 0.25) is 0 Å². The van der Waals surface area contributed by atoms with Crippen LogP contribution < -0.4 is 10.5 Å². The summed E-state index contributed by atoms with van der Waals surface area (Å²) in [5.74, 6) is 2.06. The maximum atomic E-state index is 5.98. The minimum atomic E-state index is 0.468. The van der Waals surface area contributed by atoms with Crippen LogP contribution in [-0.4, -0.2) is 15.0 Å². The Kier molecular flexibility index (Phi) is 5.29. The summed E-state index contributed by atoms with van der Waals surface area (Å²) in [7, 11) is 0. The molecule has 5 heteroatoms. The average Bonchev–Trinajstić information content (AvgIpc) is 3.09. The lowest BCUT2D eigenvalue weighted by molar-refractivity contribution is 0.483. The zero-order chi connectivity index (χ0) is 18.4. The molecule has 4 rings (SSSR count). The monoisotopic (exact) mass is 344 g/mol. The highest BCUT2D eigenvalue weighted by Gasteiger charge is 2.10. The van der Waals surface area contributed by atoms with Crippen LogP contribution in [0.1, 0.15) is 6.92 Å². The molecule has 2 heterocycles. The van der Waals surface area contributed by atoms with Crippen LogP contribution in [0.4, 0.5) is 5.82 Å². The maximum absolute atomic E-state index is 5.98. The molecule has 2 aromatic carbocycles. The summed E-state index contributed by atoms with van der Waals surface area (Å²) in [6.07, 6.45) is 5.09. The van der Waals surface area contributed by atoms with E-state index in [0.717, 1.165) is 33.7 Å². The van der Waals surface area contributed by atoms with Gasteiger partial charge in [-0.2, -0.15) is 0 Å². The minimum absolute atomic E-state index is 0.468. The van der Waals surface area contributed by atoms with Crippen molar-refractivity contribution < 1.29 is 4.74 Å². The Morgan fingerprint density at radius 1 is 1.00 bits per heavy atom. The normalized spacial score (nSPS) is 10.0. The van der Waals surface area contributed by atoms with E-state index < -0.39 is 0 Å². The molecule has 0 amide bonds. The fourth-order valence-corrected chi connectivity index (χ4v) is 2.54. The Morgan fingerprint density at radius 2 is 1.65 bits per heavy atom. The van der Waals surface area contributed by atoms with Gasteiger partial charge in [0.25, 0.3) is 0 Å². The molecular formula is C21H20N4O. The molecule has 2 aromatic heterocycles. The van der Waals surface area contributed by atoms with Crippen LogP contribution in [0.5, 0.6) is 11.5 Å². The SMILES string of the molecule is C=CC.Nc1ncnc2[nH]cc(-c3ccc(Oc4ccccc4)cc3)c12. The van der Waals surface area contributed by atoms with Gasteiger partial charge in [0.1, 0.15) is 29.3 Å². The van der Waals surface area contributed by atoms with Crippen LogP contribution in [-0.2, 0) is 0 Å². The van der Waals surface area contributed by atoms with Gasteiger partial charge < -0.3 is 15.5 Å². The Hall–Kier alpha value is -3.60. The molecule has 0 atom stereocenters. The molecule has 130 valence electrons. The van der Waals surface area contributed by atoms with Gasteiger partial charge in [-0.1, -0.05) is 36.4 Å². The summed E-state index contributed by atoms with van der Waals surface area (Å²) >= 11 is 0. The number of hydrogen-bond acceptors (Lipinski definition) is 4. The number of fused-ring (bicyclic) bond motifs is 1. The molecule has 0 saturated carbocycles. The second-order valence-electron chi connectivity index (χ2n) is 5.53. The molecule has 0 aliphatic heterocycles. The Balaban J connectivity index is 0.000000613. The number of nitrogens with zero attached hydrogens (tertiary/aromatic N) is 2. The molecule has 0 saturated heterocycles. The minimum Gasteiger partial charge on any atom is -0.457 e. The third-order valence-corrected chi connectivity index (χ3v) is 3.64. The Morgan fingerprint density at radius 3 is 2.35 bits per heavy atom. The molecule has 0 aliphatic rings. The van der Waals surface area contributed by atoms with E-state index in [9.17, 15) is 0 Å². The van der Waals surface area contributed by atoms with Gasteiger partial charge in [0, 0.05) is 11.8 Å². The molecule has 0 spiro atoms. The first kappa shape index (κ1) is 17.2. The number of allylic oxidation sites excluding steroid dienone is 1. The maximum Gasteiger partial charge on any atom is 0.143 e. The van der Waals surface area contributed by atoms with Crippen LogP contribution in [0.25, 0.3) is 22.2 Å². The molecule has 3 N–H and O–H groups in total. The Bertz CT molecular complexity index is 992. The van der Waals surface area contributed by atoms with E-state index in [-0.39, 0.29) is 0 Å². The molecule has 0 aliphatic carbocycles. The number of ether oxygens (including phenoxy) is 1. The third kappa shape index (κ3) is 3.72. The predicted octanol–water partition coefficient (Wildman–Crippen LogP) is 5.19. The van der Waals surface area contributed by atoms with Crippen molar-refractivity contribution in [1.29, 1.82) is 0 Å². The van der Waals surface area contributed by atoms with Crippen molar-refractivity contribution >= 4 is 16.9 Å². The van der Waals surface area contributed by atoms with Gasteiger partial charge in [0.05, 0.1) is 5.39 Å². The summed E-state index contributed by atoms with van der Waals surface area (Å²) in [6, 6.07) is 17.5. The summed E-state index contributed by atoms with van der Waals surface area (Å²) in [5.41, 5.74) is 8.71. The van der Waals surface area contributed by atoms with Crippen molar-refractivity contribution in [2.75, 3.05) is 5.73 Å². The number of hydrogen-bond donors (Lipinski definition) is 2. The first-order chi connectivity index (χ1) is 12.7. The van der Waals surface area contributed by atoms with Crippen LogP contribution in [0, 0.1) is 0 Å². The molecule has 0 bridgehead atoms. The predicted molar refractivity (Wildman–Crippen MR) is 106 cm³/mol. The number of rotatable bonds is 3. The molecule has 26 heavy (non-hydrogen) atoms. The number of nitrogens with one attached hydrogen (secondary N) is 1. The van der Waals surface area contributed by atoms with Gasteiger partial charge in [-0.05, 0) is 36.8 Å². The largest absolute Gasteiger partial charge is 0.457 e. The van der Waals surface area contributed by atoms with Gasteiger partial charge in [-0.25, -0.2) is 9.97 Å². The number of aromatic nitrogens is 3. The lowest BCUT2D eigenvalue weighted by Gasteiger charge is -2.06. The highest BCUT2D eigenvalue weighted by Crippen LogP contribution is 2.32. The second kappa shape index (κ2) is 7.98. The van der Waals surface area contributed by atoms with E-state index in [2.05, 4.69) is 21.5 Å². The smallest absolute Gasteiger partial charge is 0.143 e. The highest BCUT2D eigenvalue weighted by atomic mass is 16.5. The summed E-state index contributed by atoms with van der Waals surface area (Å²) in [4.78, 5) is 11.4. The lowest BCUT2D eigenvalue weighted by Crippen LogP contribution is -1.92. The first-order valence-corrected chi connectivity index (χ1v) is 8.21. The molecule has 0 radical (unpaired) electrons. The molecule has 5 nitrogen and oxygen atoms in total. The van der Waals surface area contributed by atoms with Crippen molar-refractivity contribution in [2.45, 2.75) is 6.92 Å². The highest BCUT2D eigenvalue weighted by molar-refractivity contribution is 6.00. The third-order valence-electron chi connectivity index (χ3n) is 3.64. The number of nitrogens with two attached hydrogens (primary N) is 1. The standard InChI is InChI=1S/C18H14N4O.C3H6/c19-17-16-15(10-20-18(16)22-11-21-17)12-6-8-14(9-7-12)23-13-4-2-1-3-5-13;1-3-2/h1-11H,(H3,19,20,21,22);3H,1H2,2H3. The number of para-hydroxylation sites is 1. The van der Waals surface area contributed by atoms with Crippen molar-refractivity contribution in [3.63, 3.8) is 0 Å². The molecule has 4 aromatic rings. The zero-order valence-corrected chi connectivity index (χ0v) is 14.5. The van der Waals surface area contributed by atoms with E-state index >= 15 is 0 Å². The number of aromatic amines is 1. The van der Waals surface area contributed by atoms with Crippen LogP contribution >= 0.6 is 0 Å². The topological polar surface area (TPSA) is 76.8 Å². The summed E-state index contributed by atoms with van der Waals surface area (Å²) in [6.45, 7) is 5.25. The van der Waals surface area contributed by atoms with Crippen LogP contribution in [0.15, 0.2) is 79.8 Å². The zero-order valence-electron chi connectivity index (χ0n) is 14.5. The lowest BCUT2D eigenvalue weighted by atomic mass is 10.1. The number of nitrogen functional groups attached to an aromatic ring is 1. The van der Waals surface area contributed by atoms with Crippen molar-refractivity contribution in [3.05, 3.63) is 79.8 Å². The van der Waals surface area contributed by atoms with E-state index in [0.29, 0.717) is 5.82 Å². The van der Waals surface area contributed by atoms with Gasteiger partial charge >= 0.3 is 0 Å². The summed E-state index contributed by atoms with van der Waals surface area (Å²) < 4.78 is 5.80. The Labute approximate surface area is 152 Å². The molecule has 0 unspecified atom stereocenters. The van der Waals surface area contributed by atoms with Crippen molar-refractivity contribution in [1.82, 2.24) is 15.0 Å². The average molecular weight is 344 g/mol. The second-order valence-corrected chi connectivity index (χ2v) is 5.53. The number of anilines is 1. The van der Waals surface area contributed by atoms with E-state index in [4.69, 9.17) is 10.5 Å². The van der Waals surface area contributed by atoms with Gasteiger partial charge in [-0.3, -0.25) is 0 Å².